The highest BCUT2D eigenvalue weighted by molar-refractivity contribution is 7.18. The maximum atomic E-state index is 13.1. The summed E-state index contributed by atoms with van der Waals surface area (Å²) in [6.45, 7) is 2.73. The van der Waals surface area contributed by atoms with Gasteiger partial charge in [-0.2, -0.15) is 13.2 Å². The molecule has 0 saturated heterocycles. The molecule has 0 unspecified atom stereocenters. The Morgan fingerprint density at radius 2 is 1.75 bits per heavy atom. The number of carbonyl (C=O) groups is 2. The maximum Gasteiger partial charge on any atom is 0.416 e. The Bertz CT molecular complexity index is 1510. The van der Waals surface area contributed by atoms with Crippen molar-refractivity contribution in [2.24, 2.45) is 5.92 Å². The number of aromatic nitrogens is 1. The number of alkyl halides is 3. The van der Waals surface area contributed by atoms with Crippen LogP contribution in [0.4, 0.5) is 18.9 Å². The third-order valence-corrected chi connectivity index (χ3v) is 8.47. The molecule has 0 atom stereocenters. The molecule has 5 rings (SSSR count). The topological polar surface area (TPSA) is 68.3 Å². The Kier molecular flexibility index (Phi) is 8.32. The molecule has 1 N–H and O–H groups in total. The highest BCUT2D eigenvalue weighted by Crippen LogP contribution is 2.40. The van der Waals surface area contributed by atoms with E-state index in [1.54, 1.807) is 12.1 Å². The van der Waals surface area contributed by atoms with Crippen LogP contribution < -0.4 is 5.32 Å². The second kappa shape index (κ2) is 11.9. The van der Waals surface area contributed by atoms with E-state index < -0.39 is 17.6 Å². The molecule has 0 aliphatic heterocycles. The molecule has 1 saturated carbocycles. The predicted molar refractivity (Wildman–Crippen MR) is 150 cm³/mol. The van der Waals surface area contributed by atoms with E-state index >= 15 is 0 Å². The van der Waals surface area contributed by atoms with E-state index in [9.17, 15) is 22.8 Å². The number of thiazole rings is 1. The van der Waals surface area contributed by atoms with Crippen LogP contribution in [0.15, 0.2) is 66.7 Å². The molecular weight excluding hydrogens is 537 g/mol. The number of fused-ring (bicyclic) bond motifs is 1. The van der Waals surface area contributed by atoms with Crippen LogP contribution in [0.3, 0.4) is 0 Å². The first-order chi connectivity index (χ1) is 19.2. The lowest BCUT2D eigenvalue weighted by molar-refractivity contribution is -0.137. The van der Waals surface area contributed by atoms with E-state index in [0.29, 0.717) is 24.0 Å². The first-order valence-corrected chi connectivity index (χ1v) is 14.0. The third-order valence-electron chi connectivity index (χ3n) is 7.28. The third kappa shape index (κ3) is 6.59. The number of carbonyl (C=O) groups excluding carboxylic acids is 2. The van der Waals surface area contributed by atoms with Crippen LogP contribution in [0, 0.1) is 5.92 Å². The summed E-state index contributed by atoms with van der Waals surface area (Å²) in [4.78, 5) is 30.1. The highest BCUT2D eigenvalue weighted by atomic mass is 32.1. The van der Waals surface area contributed by atoms with Crippen LogP contribution in [-0.4, -0.2) is 23.3 Å². The second-order valence-corrected chi connectivity index (χ2v) is 11.3. The molecule has 3 aromatic carbocycles. The van der Waals surface area contributed by atoms with E-state index in [1.807, 2.05) is 18.2 Å². The standard InChI is InChI=1S/C31H29F3N2O3S/c1-19(37)25-15-27-28(16-26(25)35-29(38)23-8-5-9-24(14-23)31(32,33)34)40-30(36-27)22-12-10-21(11-13-22)18-39-17-20-6-3-2-4-7-20/h2-9,14-16,21-22H,10-13,17-18H2,1H3,(H,35,38)/t21-,22-. The molecule has 1 aliphatic rings. The number of amides is 1. The molecule has 4 aromatic rings. The van der Waals surface area contributed by atoms with Crippen molar-refractivity contribution in [1.82, 2.24) is 4.98 Å². The number of rotatable bonds is 8. The zero-order valence-corrected chi connectivity index (χ0v) is 22.8. The second-order valence-electron chi connectivity index (χ2n) is 10.2. The summed E-state index contributed by atoms with van der Waals surface area (Å²) in [5.41, 5.74) is 1.32. The SMILES string of the molecule is CC(=O)c1cc2nc([C@H]3CC[C@H](COCc4ccccc4)CC3)sc2cc1NC(=O)c1cccc(C(F)(F)F)c1. The number of nitrogens with zero attached hydrogens (tertiary/aromatic N) is 1. The van der Waals surface area contributed by atoms with Gasteiger partial charge in [0.2, 0.25) is 0 Å². The summed E-state index contributed by atoms with van der Waals surface area (Å²) in [6, 6.07) is 17.7. The van der Waals surface area contributed by atoms with Crippen molar-refractivity contribution in [3.8, 4) is 0 Å². The number of Topliss-reactive ketones (excluding diaryl/α,β-unsaturated/α-hetero) is 1. The molecule has 1 amide bonds. The number of hydrogen-bond donors (Lipinski definition) is 1. The van der Waals surface area contributed by atoms with Gasteiger partial charge < -0.3 is 10.1 Å². The Labute approximate surface area is 234 Å². The van der Waals surface area contributed by atoms with E-state index in [2.05, 4.69) is 17.4 Å². The largest absolute Gasteiger partial charge is 0.416 e. The first kappa shape index (κ1) is 28.0. The van der Waals surface area contributed by atoms with Gasteiger partial charge in [0.1, 0.15) is 0 Å². The van der Waals surface area contributed by atoms with Crippen molar-refractivity contribution in [3.05, 3.63) is 94.0 Å². The van der Waals surface area contributed by atoms with Crippen LogP contribution in [0.25, 0.3) is 10.2 Å². The normalized spacial score (nSPS) is 17.6. The van der Waals surface area contributed by atoms with Gasteiger partial charge in [0.05, 0.1) is 33.1 Å². The fourth-order valence-electron chi connectivity index (χ4n) is 5.09. The van der Waals surface area contributed by atoms with Crippen molar-refractivity contribution in [2.45, 2.75) is 51.3 Å². The van der Waals surface area contributed by atoms with Gasteiger partial charge in [-0.1, -0.05) is 36.4 Å². The minimum atomic E-state index is -4.56. The molecule has 5 nitrogen and oxygen atoms in total. The number of benzene rings is 3. The smallest absolute Gasteiger partial charge is 0.376 e. The van der Waals surface area contributed by atoms with E-state index in [0.717, 1.165) is 54.1 Å². The van der Waals surface area contributed by atoms with Crippen LogP contribution in [-0.2, 0) is 17.5 Å². The first-order valence-electron chi connectivity index (χ1n) is 13.2. The molecule has 0 spiro atoms. The number of anilines is 1. The van der Waals surface area contributed by atoms with Crippen LogP contribution in [0.1, 0.15) is 75.4 Å². The summed E-state index contributed by atoms with van der Waals surface area (Å²) >= 11 is 1.53. The van der Waals surface area contributed by atoms with E-state index in [4.69, 9.17) is 9.72 Å². The highest BCUT2D eigenvalue weighted by Gasteiger charge is 2.31. The van der Waals surface area contributed by atoms with Gasteiger partial charge in [-0.05, 0) is 74.4 Å². The van der Waals surface area contributed by atoms with Gasteiger partial charge in [0.25, 0.3) is 5.91 Å². The molecule has 1 aliphatic carbocycles. The summed E-state index contributed by atoms with van der Waals surface area (Å²) in [7, 11) is 0. The zero-order valence-electron chi connectivity index (χ0n) is 22.0. The van der Waals surface area contributed by atoms with Gasteiger partial charge in [-0.25, -0.2) is 4.98 Å². The predicted octanol–water partition coefficient (Wildman–Crippen LogP) is 8.26. The van der Waals surface area contributed by atoms with Crippen molar-refractivity contribution in [1.29, 1.82) is 0 Å². The molecule has 208 valence electrons. The van der Waals surface area contributed by atoms with Gasteiger partial charge in [-0.15, -0.1) is 11.3 Å². The molecule has 1 heterocycles. The van der Waals surface area contributed by atoms with Crippen molar-refractivity contribution >= 4 is 38.9 Å². The van der Waals surface area contributed by atoms with Crippen molar-refractivity contribution in [3.63, 3.8) is 0 Å². The molecule has 0 radical (unpaired) electrons. The van der Waals surface area contributed by atoms with Crippen LogP contribution in [0.5, 0.6) is 0 Å². The molecular formula is C31H29F3N2O3S. The molecule has 9 heteroatoms. The Morgan fingerprint density at radius 1 is 1.00 bits per heavy atom. The Morgan fingerprint density at radius 3 is 2.45 bits per heavy atom. The molecule has 0 bridgehead atoms. The number of nitrogens with one attached hydrogen (secondary N) is 1. The number of ether oxygens (including phenoxy) is 1. The minimum Gasteiger partial charge on any atom is -0.376 e. The molecule has 1 aromatic heterocycles. The van der Waals surface area contributed by atoms with Gasteiger partial charge >= 0.3 is 6.18 Å². The van der Waals surface area contributed by atoms with E-state index in [1.165, 1.54) is 36.0 Å². The summed E-state index contributed by atoms with van der Waals surface area (Å²) in [5.74, 6) is -0.166. The van der Waals surface area contributed by atoms with Gasteiger partial charge in [-0.3, -0.25) is 9.59 Å². The summed E-state index contributed by atoms with van der Waals surface area (Å²) in [5, 5.41) is 3.64. The summed E-state index contributed by atoms with van der Waals surface area (Å²) in [6.07, 6.45) is -0.471. The lowest BCUT2D eigenvalue weighted by atomic mass is 9.83. The fourth-order valence-corrected chi connectivity index (χ4v) is 6.24. The molecule has 1 fully saturated rings. The van der Waals surface area contributed by atoms with Crippen LogP contribution >= 0.6 is 11.3 Å². The van der Waals surface area contributed by atoms with Crippen molar-refractivity contribution < 1.29 is 27.5 Å². The van der Waals surface area contributed by atoms with Gasteiger partial charge in [0, 0.05) is 23.7 Å². The molecule has 40 heavy (non-hydrogen) atoms. The Hall–Kier alpha value is -3.56. The van der Waals surface area contributed by atoms with Gasteiger partial charge in [0.15, 0.2) is 5.78 Å². The minimum absolute atomic E-state index is 0.140. The average molecular weight is 567 g/mol. The zero-order chi connectivity index (χ0) is 28.3. The quantitative estimate of drug-likeness (QED) is 0.218. The maximum absolute atomic E-state index is 13.1. The van der Waals surface area contributed by atoms with Crippen LogP contribution in [0.2, 0.25) is 0 Å². The lowest BCUT2D eigenvalue weighted by Crippen LogP contribution is -2.17. The summed E-state index contributed by atoms with van der Waals surface area (Å²) < 4.78 is 46.1. The van der Waals surface area contributed by atoms with E-state index in [-0.39, 0.29) is 22.6 Å². The Balaban J connectivity index is 1.26. The fraction of sp³-hybridized carbons (Fsp3) is 0.323. The number of halogens is 3. The van der Waals surface area contributed by atoms with Crippen molar-refractivity contribution in [2.75, 3.05) is 11.9 Å². The number of hydrogen-bond acceptors (Lipinski definition) is 5. The lowest BCUT2D eigenvalue weighted by Gasteiger charge is -2.27. The number of ketones is 1. The average Bonchev–Trinajstić information content (AvgIpc) is 3.36. The monoisotopic (exact) mass is 566 g/mol.